The van der Waals surface area contributed by atoms with E-state index in [1.807, 2.05) is 0 Å². The molecule has 0 radical (unpaired) electrons. The number of ketones is 1. The number of ether oxygens (including phenoxy) is 2. The Morgan fingerprint density at radius 3 is 2.38 bits per heavy atom. The van der Waals surface area contributed by atoms with E-state index in [9.17, 15) is 9.59 Å². The minimum absolute atomic E-state index is 0.00118. The van der Waals surface area contributed by atoms with Crippen molar-refractivity contribution < 1.29 is 19.1 Å². The first-order chi connectivity index (χ1) is 6.10. The molecule has 13 heavy (non-hydrogen) atoms. The average molecular weight is 186 g/mol. The van der Waals surface area contributed by atoms with Gasteiger partial charge in [0, 0.05) is 0 Å². The molecule has 4 nitrogen and oxygen atoms in total. The van der Waals surface area contributed by atoms with Crippen LogP contribution in [0.1, 0.15) is 26.7 Å². The zero-order chi connectivity index (χ0) is 9.90. The number of esters is 1. The molecule has 0 aromatic carbocycles. The summed E-state index contributed by atoms with van der Waals surface area (Å²) in [7, 11) is 0. The largest absolute Gasteiger partial charge is 0.464 e. The zero-order valence-corrected chi connectivity index (χ0v) is 7.96. The van der Waals surface area contributed by atoms with Gasteiger partial charge < -0.3 is 9.47 Å². The molecule has 1 aliphatic rings. The lowest BCUT2D eigenvalue weighted by atomic mass is 10.3. The van der Waals surface area contributed by atoms with Crippen LogP contribution >= 0.6 is 0 Å². The summed E-state index contributed by atoms with van der Waals surface area (Å²) in [4.78, 5) is 21.9. The van der Waals surface area contributed by atoms with Gasteiger partial charge in [0.15, 0.2) is 11.4 Å². The topological polar surface area (TPSA) is 52.6 Å². The van der Waals surface area contributed by atoms with Crippen molar-refractivity contribution >= 4 is 11.8 Å². The van der Waals surface area contributed by atoms with E-state index < -0.39 is 5.60 Å². The van der Waals surface area contributed by atoms with Crippen molar-refractivity contribution in [3.05, 3.63) is 0 Å². The van der Waals surface area contributed by atoms with Crippen LogP contribution in [0.25, 0.3) is 0 Å². The smallest absolute Gasteiger partial charge is 0.338 e. The monoisotopic (exact) mass is 186 g/mol. The number of Topliss-reactive ketones (excluding diaryl/α,β-unsaturated/α-hetero) is 1. The first-order valence-electron chi connectivity index (χ1n) is 4.41. The van der Waals surface area contributed by atoms with Crippen molar-refractivity contribution in [2.24, 2.45) is 0 Å². The van der Waals surface area contributed by atoms with Crippen molar-refractivity contribution in [1.82, 2.24) is 0 Å². The molecule has 0 bridgehead atoms. The Hall–Kier alpha value is -0.900. The maximum absolute atomic E-state index is 11.3. The van der Waals surface area contributed by atoms with Crippen LogP contribution in [0.15, 0.2) is 0 Å². The van der Waals surface area contributed by atoms with Crippen LogP contribution < -0.4 is 0 Å². The summed E-state index contributed by atoms with van der Waals surface area (Å²) in [5.74, 6) is -0.410. The third-order valence-electron chi connectivity index (χ3n) is 1.90. The third kappa shape index (κ3) is 2.52. The zero-order valence-electron chi connectivity index (χ0n) is 7.96. The number of hydrogen-bond donors (Lipinski definition) is 0. The third-order valence-corrected chi connectivity index (χ3v) is 1.90. The van der Waals surface area contributed by atoms with Gasteiger partial charge in [0.05, 0.1) is 6.61 Å². The van der Waals surface area contributed by atoms with Gasteiger partial charge in [-0.05, 0) is 26.7 Å². The van der Waals surface area contributed by atoms with E-state index in [1.165, 1.54) is 6.92 Å². The molecule has 0 aromatic rings. The molecule has 1 fully saturated rings. The highest BCUT2D eigenvalue weighted by Gasteiger charge is 2.53. The standard InChI is InChI=1S/C9H14O4/c1-3-12-8(11)9(4-5-9)13-6-7(2)10/h3-6H2,1-2H3. The molecule has 4 heteroatoms. The fourth-order valence-electron chi connectivity index (χ4n) is 1.02. The van der Waals surface area contributed by atoms with Crippen molar-refractivity contribution in [3.8, 4) is 0 Å². The normalized spacial score (nSPS) is 18.0. The van der Waals surface area contributed by atoms with E-state index in [1.54, 1.807) is 6.92 Å². The predicted octanol–water partition coefficient (Wildman–Crippen LogP) is 0.688. The molecular weight excluding hydrogens is 172 g/mol. The minimum Gasteiger partial charge on any atom is -0.464 e. The lowest BCUT2D eigenvalue weighted by molar-refractivity contribution is -0.160. The van der Waals surface area contributed by atoms with E-state index in [0.717, 1.165) is 0 Å². The Morgan fingerprint density at radius 1 is 1.38 bits per heavy atom. The Balaban J connectivity index is 2.38. The van der Waals surface area contributed by atoms with Crippen LogP contribution in [-0.2, 0) is 19.1 Å². The summed E-state index contributed by atoms with van der Waals surface area (Å²) in [6, 6.07) is 0. The van der Waals surface area contributed by atoms with Gasteiger partial charge in [-0.25, -0.2) is 4.79 Å². The molecule has 74 valence electrons. The second kappa shape index (κ2) is 3.87. The molecule has 0 atom stereocenters. The van der Waals surface area contributed by atoms with E-state index >= 15 is 0 Å². The van der Waals surface area contributed by atoms with Crippen molar-refractivity contribution in [1.29, 1.82) is 0 Å². The lowest BCUT2D eigenvalue weighted by Gasteiger charge is -2.13. The van der Waals surface area contributed by atoms with Gasteiger partial charge in [-0.1, -0.05) is 0 Å². The summed E-state index contributed by atoms with van der Waals surface area (Å²) >= 11 is 0. The quantitative estimate of drug-likeness (QED) is 0.593. The first kappa shape index (κ1) is 10.2. The number of carbonyl (C=O) groups excluding carboxylic acids is 2. The fourth-order valence-corrected chi connectivity index (χ4v) is 1.02. The Labute approximate surface area is 77.2 Å². The highest BCUT2D eigenvalue weighted by molar-refractivity contribution is 5.84. The molecule has 0 saturated heterocycles. The molecule has 1 aliphatic carbocycles. The lowest BCUT2D eigenvalue weighted by Crippen LogP contribution is -2.30. The van der Waals surface area contributed by atoms with Crippen molar-refractivity contribution in [3.63, 3.8) is 0 Å². The average Bonchev–Trinajstić information content (AvgIpc) is 2.82. The fraction of sp³-hybridized carbons (Fsp3) is 0.778. The Bertz CT molecular complexity index is 218. The first-order valence-corrected chi connectivity index (χ1v) is 4.41. The van der Waals surface area contributed by atoms with E-state index in [4.69, 9.17) is 9.47 Å². The van der Waals surface area contributed by atoms with Gasteiger partial charge in [0.2, 0.25) is 0 Å². The van der Waals surface area contributed by atoms with E-state index in [2.05, 4.69) is 0 Å². The van der Waals surface area contributed by atoms with E-state index in [-0.39, 0.29) is 18.4 Å². The van der Waals surface area contributed by atoms with Crippen LogP contribution in [-0.4, -0.2) is 30.6 Å². The summed E-state index contributed by atoms with van der Waals surface area (Å²) in [5.41, 5.74) is -0.790. The predicted molar refractivity (Wildman–Crippen MR) is 45.2 cm³/mol. The highest BCUT2D eigenvalue weighted by atomic mass is 16.6. The van der Waals surface area contributed by atoms with Gasteiger partial charge in [0.1, 0.15) is 6.61 Å². The van der Waals surface area contributed by atoms with Crippen LogP contribution in [0.4, 0.5) is 0 Å². The summed E-state index contributed by atoms with van der Waals surface area (Å²) < 4.78 is 10.0. The second-order valence-electron chi connectivity index (χ2n) is 3.21. The molecule has 0 heterocycles. The van der Waals surface area contributed by atoms with Crippen molar-refractivity contribution in [2.45, 2.75) is 32.3 Å². The number of carbonyl (C=O) groups is 2. The maximum Gasteiger partial charge on any atom is 0.338 e. The Kier molecular flexibility index (Phi) is 3.03. The van der Waals surface area contributed by atoms with Gasteiger partial charge in [0.25, 0.3) is 0 Å². The molecule has 0 N–H and O–H groups in total. The number of rotatable bonds is 5. The second-order valence-corrected chi connectivity index (χ2v) is 3.21. The van der Waals surface area contributed by atoms with Crippen LogP contribution in [0.5, 0.6) is 0 Å². The molecule has 0 aromatic heterocycles. The molecule has 0 unspecified atom stereocenters. The van der Waals surface area contributed by atoms with E-state index in [0.29, 0.717) is 19.4 Å². The molecular formula is C9H14O4. The highest BCUT2D eigenvalue weighted by Crippen LogP contribution is 2.40. The SMILES string of the molecule is CCOC(=O)C1(OCC(C)=O)CC1. The molecule has 0 spiro atoms. The van der Waals surface area contributed by atoms with Crippen molar-refractivity contribution in [2.75, 3.05) is 13.2 Å². The van der Waals surface area contributed by atoms with Gasteiger partial charge in [-0.15, -0.1) is 0 Å². The summed E-state index contributed by atoms with van der Waals surface area (Å²) in [6.45, 7) is 3.53. The van der Waals surface area contributed by atoms with Crippen LogP contribution in [0.2, 0.25) is 0 Å². The van der Waals surface area contributed by atoms with Gasteiger partial charge in [-0.3, -0.25) is 4.79 Å². The molecule has 0 aliphatic heterocycles. The summed E-state index contributed by atoms with van der Waals surface area (Å²) in [5, 5.41) is 0. The van der Waals surface area contributed by atoms with Gasteiger partial charge in [-0.2, -0.15) is 0 Å². The van der Waals surface area contributed by atoms with Crippen LogP contribution in [0, 0.1) is 0 Å². The van der Waals surface area contributed by atoms with Gasteiger partial charge >= 0.3 is 5.97 Å². The molecule has 1 rings (SSSR count). The maximum atomic E-state index is 11.3. The minimum atomic E-state index is -0.790. The summed E-state index contributed by atoms with van der Waals surface area (Å²) in [6.07, 6.45) is 1.33. The Morgan fingerprint density at radius 2 is 2.00 bits per heavy atom. The van der Waals surface area contributed by atoms with Crippen LogP contribution in [0.3, 0.4) is 0 Å². The number of hydrogen-bond acceptors (Lipinski definition) is 4. The molecule has 1 saturated carbocycles. The molecule has 0 amide bonds.